The predicted molar refractivity (Wildman–Crippen MR) is 76.4 cm³/mol. The van der Waals surface area contributed by atoms with Gasteiger partial charge in [0.1, 0.15) is 6.10 Å². The largest absolute Gasteiger partial charge is 0.393 e. The van der Waals surface area contributed by atoms with Gasteiger partial charge in [-0.1, -0.05) is 24.8 Å². The molecule has 3 unspecified atom stereocenters. The Labute approximate surface area is 115 Å². The number of hydrogen-bond acceptors (Lipinski definition) is 3. The van der Waals surface area contributed by atoms with E-state index in [4.69, 9.17) is 0 Å². The van der Waals surface area contributed by atoms with Gasteiger partial charge >= 0.3 is 0 Å². The van der Waals surface area contributed by atoms with E-state index in [0.29, 0.717) is 6.04 Å². The fourth-order valence-electron chi connectivity index (χ4n) is 2.71. The van der Waals surface area contributed by atoms with Crippen LogP contribution < -0.4 is 0 Å². The molecule has 0 saturated carbocycles. The maximum Gasteiger partial charge on any atom is 0.134 e. The third-order valence-corrected chi connectivity index (χ3v) is 4.26. The fourth-order valence-corrected chi connectivity index (χ4v) is 2.71. The molecule has 0 bridgehead atoms. The molecule has 1 aliphatic heterocycles. The van der Waals surface area contributed by atoms with Gasteiger partial charge in [0.25, 0.3) is 0 Å². The molecule has 3 nitrogen and oxygen atoms in total. The summed E-state index contributed by atoms with van der Waals surface area (Å²) in [4.78, 5) is 2.40. The average molecular weight is 261 g/mol. The Morgan fingerprint density at radius 2 is 2.16 bits per heavy atom. The van der Waals surface area contributed by atoms with Crippen LogP contribution in [-0.2, 0) is 0 Å². The van der Waals surface area contributed by atoms with Crippen molar-refractivity contribution in [3.8, 4) is 11.8 Å². The number of nitrogens with zero attached hydrogens (tertiary/aromatic N) is 1. The van der Waals surface area contributed by atoms with Crippen LogP contribution in [0, 0.1) is 17.8 Å². The highest BCUT2D eigenvalue weighted by molar-refractivity contribution is 5.36. The van der Waals surface area contributed by atoms with Gasteiger partial charge in [-0.2, -0.15) is 0 Å². The van der Waals surface area contributed by atoms with E-state index in [0.717, 1.165) is 31.5 Å². The first-order chi connectivity index (χ1) is 9.08. The molecule has 0 aromatic heterocycles. The summed E-state index contributed by atoms with van der Waals surface area (Å²) in [5.74, 6) is 5.91. The normalized spacial score (nSPS) is 35.9. The van der Waals surface area contributed by atoms with Gasteiger partial charge in [-0.25, -0.2) is 0 Å². The Morgan fingerprint density at radius 1 is 1.37 bits per heavy atom. The van der Waals surface area contributed by atoms with Gasteiger partial charge in [-0.15, -0.1) is 0 Å². The van der Waals surface area contributed by atoms with Crippen LogP contribution in [0.5, 0.6) is 0 Å². The number of likely N-dealkylation sites (tertiary alicyclic amines) is 1. The van der Waals surface area contributed by atoms with E-state index < -0.39 is 6.10 Å². The summed E-state index contributed by atoms with van der Waals surface area (Å²) in [6.07, 6.45) is 6.61. The summed E-state index contributed by atoms with van der Waals surface area (Å²) in [6, 6.07) is 0.355. The minimum atomic E-state index is -0.656. The van der Waals surface area contributed by atoms with Crippen LogP contribution in [0.1, 0.15) is 26.7 Å². The van der Waals surface area contributed by atoms with Crippen molar-refractivity contribution < 1.29 is 10.2 Å². The molecule has 1 saturated heterocycles. The van der Waals surface area contributed by atoms with Crippen molar-refractivity contribution in [1.82, 2.24) is 4.90 Å². The second-order valence-electron chi connectivity index (χ2n) is 5.59. The van der Waals surface area contributed by atoms with Crippen molar-refractivity contribution in [2.45, 2.75) is 44.9 Å². The molecule has 0 aromatic carbocycles. The molecule has 4 atom stereocenters. The van der Waals surface area contributed by atoms with E-state index in [1.807, 2.05) is 12.2 Å². The number of hydrogen-bond donors (Lipinski definition) is 2. The third-order valence-electron chi connectivity index (χ3n) is 4.26. The molecular weight excluding hydrogens is 238 g/mol. The highest BCUT2D eigenvalue weighted by Gasteiger charge is 2.28. The van der Waals surface area contributed by atoms with E-state index in [1.54, 1.807) is 6.08 Å². The molecule has 3 heteroatoms. The smallest absolute Gasteiger partial charge is 0.134 e. The zero-order valence-corrected chi connectivity index (χ0v) is 11.7. The van der Waals surface area contributed by atoms with Crippen molar-refractivity contribution in [3.05, 3.63) is 23.8 Å². The number of rotatable bonds is 2. The first-order valence-electron chi connectivity index (χ1n) is 7.06. The van der Waals surface area contributed by atoms with Crippen LogP contribution in [0.3, 0.4) is 0 Å². The lowest BCUT2D eigenvalue weighted by molar-refractivity contribution is 0.0763. The van der Waals surface area contributed by atoms with E-state index in [-0.39, 0.29) is 12.0 Å². The lowest BCUT2D eigenvalue weighted by Crippen LogP contribution is -2.40. The van der Waals surface area contributed by atoms with Crippen LogP contribution >= 0.6 is 0 Å². The van der Waals surface area contributed by atoms with Gasteiger partial charge in [-0.3, -0.25) is 4.90 Å². The fraction of sp³-hybridized carbons (Fsp3) is 0.625. The minimum Gasteiger partial charge on any atom is -0.393 e. The van der Waals surface area contributed by atoms with Gasteiger partial charge in [0.15, 0.2) is 0 Å². The van der Waals surface area contributed by atoms with Gasteiger partial charge in [0.05, 0.1) is 6.10 Å². The van der Waals surface area contributed by atoms with Gasteiger partial charge in [0, 0.05) is 12.6 Å². The molecule has 0 spiro atoms. The second kappa shape index (κ2) is 6.38. The first-order valence-corrected chi connectivity index (χ1v) is 7.06. The van der Waals surface area contributed by atoms with E-state index in [2.05, 4.69) is 30.6 Å². The summed E-state index contributed by atoms with van der Waals surface area (Å²) < 4.78 is 0. The topological polar surface area (TPSA) is 43.7 Å². The van der Waals surface area contributed by atoms with Crippen LogP contribution in [0.2, 0.25) is 0 Å². The predicted octanol–water partition coefficient (Wildman–Crippen LogP) is 1.33. The molecule has 0 aromatic rings. The van der Waals surface area contributed by atoms with Crippen LogP contribution in [0.15, 0.2) is 23.8 Å². The minimum absolute atomic E-state index is 0.194. The summed E-state index contributed by atoms with van der Waals surface area (Å²) in [5, 5.41) is 19.5. The summed E-state index contributed by atoms with van der Waals surface area (Å²) >= 11 is 0. The zero-order valence-electron chi connectivity index (χ0n) is 11.7. The summed E-state index contributed by atoms with van der Waals surface area (Å²) in [7, 11) is 0. The van der Waals surface area contributed by atoms with E-state index in [1.165, 1.54) is 0 Å². The van der Waals surface area contributed by atoms with Crippen LogP contribution in [0.25, 0.3) is 0 Å². The van der Waals surface area contributed by atoms with E-state index >= 15 is 0 Å². The number of aliphatic hydroxyl groups excluding tert-OH is 2. The monoisotopic (exact) mass is 261 g/mol. The first kappa shape index (κ1) is 14.3. The molecule has 2 aliphatic rings. The highest BCUT2D eigenvalue weighted by Crippen LogP contribution is 2.24. The molecule has 1 aliphatic carbocycles. The standard InChI is InChI=1S/C16H23NO2/c1-12-13(2)17(10-4-7-16(12)19)11-14-5-3-6-15(18)9-8-14/h5,8-9,12-13,15-16,18-19H,4,7,10-11H2,1-2H3/t12-,13?,15?,16?/m1/s1. The molecule has 0 radical (unpaired) electrons. The molecule has 2 N–H and O–H groups in total. The van der Waals surface area contributed by atoms with Gasteiger partial charge in [0.2, 0.25) is 0 Å². The quantitative estimate of drug-likeness (QED) is 0.737. The van der Waals surface area contributed by atoms with Crippen LogP contribution in [0.4, 0.5) is 0 Å². The Morgan fingerprint density at radius 3 is 2.95 bits per heavy atom. The van der Waals surface area contributed by atoms with Crippen molar-refractivity contribution in [3.63, 3.8) is 0 Å². The van der Waals surface area contributed by atoms with Gasteiger partial charge in [-0.05, 0) is 50.0 Å². The molecular formula is C16H23NO2. The summed E-state index contributed by atoms with van der Waals surface area (Å²) in [6.45, 7) is 6.13. The van der Waals surface area contributed by atoms with Crippen molar-refractivity contribution in [1.29, 1.82) is 0 Å². The Balaban J connectivity index is 2.04. The molecule has 19 heavy (non-hydrogen) atoms. The number of aliphatic hydroxyl groups is 2. The molecule has 104 valence electrons. The molecule has 1 fully saturated rings. The second-order valence-corrected chi connectivity index (χ2v) is 5.59. The Kier molecular flexibility index (Phi) is 4.81. The number of allylic oxidation sites excluding steroid dienone is 1. The van der Waals surface area contributed by atoms with Gasteiger partial charge < -0.3 is 10.2 Å². The van der Waals surface area contributed by atoms with E-state index in [9.17, 15) is 10.2 Å². The lowest BCUT2D eigenvalue weighted by Gasteiger charge is -2.32. The highest BCUT2D eigenvalue weighted by atomic mass is 16.3. The molecule has 0 amide bonds. The van der Waals surface area contributed by atoms with Crippen LogP contribution in [-0.4, -0.2) is 46.5 Å². The third kappa shape index (κ3) is 3.70. The average Bonchev–Trinajstić information content (AvgIpc) is 2.65. The molecule has 2 rings (SSSR count). The Hall–Kier alpha value is -1.08. The lowest BCUT2D eigenvalue weighted by atomic mass is 9.95. The molecule has 1 heterocycles. The zero-order chi connectivity index (χ0) is 13.8. The Bertz CT molecular complexity index is 430. The SMILES string of the molecule is CC1[C@@H](C)C(O)CCCN1CC1=CC#CC(O)C=C1. The summed E-state index contributed by atoms with van der Waals surface area (Å²) in [5.41, 5.74) is 1.12. The van der Waals surface area contributed by atoms with Crippen molar-refractivity contribution >= 4 is 0 Å². The maximum absolute atomic E-state index is 10.0. The van der Waals surface area contributed by atoms with Crippen molar-refractivity contribution in [2.24, 2.45) is 5.92 Å². The van der Waals surface area contributed by atoms with Crippen molar-refractivity contribution in [2.75, 3.05) is 13.1 Å². The maximum atomic E-state index is 10.0.